The van der Waals surface area contributed by atoms with E-state index in [9.17, 15) is 4.79 Å². The van der Waals surface area contributed by atoms with Crippen molar-refractivity contribution in [2.45, 2.75) is 26.2 Å². The van der Waals surface area contributed by atoms with Gasteiger partial charge in [0.05, 0.1) is 0 Å². The average molecular weight is 284 g/mol. The number of aromatic amines is 1. The number of hydrogen-bond acceptors (Lipinski definition) is 3. The number of aromatic nitrogens is 3. The summed E-state index contributed by atoms with van der Waals surface area (Å²) in [7, 11) is 0. The second-order valence-corrected chi connectivity index (χ2v) is 4.76. The standard InChI is InChI=1S/C16H20N4O/c1-2-13-5-7-14(8-6-13)9-10-16(21)17-11-3-4-15-18-12-19-20-15/h5-10,12H,2-4,11H2,1H3,(H,17,21)(H,18,19,20). The Morgan fingerprint density at radius 2 is 2.14 bits per heavy atom. The van der Waals surface area contributed by atoms with E-state index >= 15 is 0 Å². The molecule has 2 rings (SSSR count). The van der Waals surface area contributed by atoms with Gasteiger partial charge in [-0.1, -0.05) is 31.2 Å². The Morgan fingerprint density at radius 1 is 1.33 bits per heavy atom. The quantitative estimate of drug-likeness (QED) is 0.604. The normalized spacial score (nSPS) is 10.9. The molecule has 1 heterocycles. The number of amides is 1. The minimum atomic E-state index is -0.0767. The first-order valence-electron chi connectivity index (χ1n) is 7.17. The van der Waals surface area contributed by atoms with Gasteiger partial charge in [-0.2, -0.15) is 5.10 Å². The van der Waals surface area contributed by atoms with Gasteiger partial charge >= 0.3 is 0 Å². The zero-order chi connectivity index (χ0) is 14.9. The van der Waals surface area contributed by atoms with Crippen molar-refractivity contribution in [3.8, 4) is 0 Å². The third-order valence-electron chi connectivity index (χ3n) is 3.17. The molecule has 0 aliphatic rings. The van der Waals surface area contributed by atoms with E-state index < -0.39 is 0 Å². The topological polar surface area (TPSA) is 70.7 Å². The molecule has 1 aromatic heterocycles. The summed E-state index contributed by atoms with van der Waals surface area (Å²) in [4.78, 5) is 15.7. The van der Waals surface area contributed by atoms with Crippen molar-refractivity contribution < 1.29 is 4.79 Å². The highest BCUT2D eigenvalue weighted by Crippen LogP contribution is 2.06. The van der Waals surface area contributed by atoms with Crippen LogP contribution in [-0.4, -0.2) is 27.6 Å². The lowest BCUT2D eigenvalue weighted by atomic mass is 10.1. The molecule has 0 bridgehead atoms. The van der Waals surface area contributed by atoms with E-state index in [1.54, 1.807) is 6.08 Å². The number of H-pyrrole nitrogens is 1. The van der Waals surface area contributed by atoms with Crippen LogP contribution in [0.3, 0.4) is 0 Å². The fourth-order valence-corrected chi connectivity index (χ4v) is 1.91. The highest BCUT2D eigenvalue weighted by Gasteiger charge is 1.98. The minimum Gasteiger partial charge on any atom is -0.353 e. The lowest BCUT2D eigenvalue weighted by Gasteiger charge is -2.01. The molecule has 0 radical (unpaired) electrons. The number of rotatable bonds is 7. The average Bonchev–Trinajstić information content (AvgIpc) is 3.03. The SMILES string of the molecule is CCc1ccc(C=CC(=O)NCCCc2ncn[nH]2)cc1. The first-order chi connectivity index (χ1) is 10.3. The Morgan fingerprint density at radius 3 is 2.81 bits per heavy atom. The third kappa shape index (κ3) is 5.22. The molecule has 0 saturated carbocycles. The van der Waals surface area contributed by atoms with Gasteiger partial charge < -0.3 is 5.32 Å². The molecule has 1 aromatic carbocycles. The Hall–Kier alpha value is -2.43. The van der Waals surface area contributed by atoms with Crippen molar-refractivity contribution in [1.82, 2.24) is 20.5 Å². The number of hydrogen-bond donors (Lipinski definition) is 2. The van der Waals surface area contributed by atoms with E-state index in [0.29, 0.717) is 6.54 Å². The molecule has 0 spiro atoms. The van der Waals surface area contributed by atoms with Gasteiger partial charge in [-0.05, 0) is 30.0 Å². The van der Waals surface area contributed by atoms with Crippen LogP contribution >= 0.6 is 0 Å². The molecular weight excluding hydrogens is 264 g/mol. The fourth-order valence-electron chi connectivity index (χ4n) is 1.91. The minimum absolute atomic E-state index is 0.0767. The van der Waals surface area contributed by atoms with Crippen LogP contribution < -0.4 is 5.32 Å². The van der Waals surface area contributed by atoms with E-state index in [1.165, 1.54) is 11.9 Å². The van der Waals surface area contributed by atoms with Crippen molar-refractivity contribution in [3.05, 3.63) is 53.6 Å². The number of nitrogens with zero attached hydrogens (tertiary/aromatic N) is 2. The van der Waals surface area contributed by atoms with Gasteiger partial charge in [0.25, 0.3) is 0 Å². The zero-order valence-corrected chi connectivity index (χ0v) is 12.2. The van der Waals surface area contributed by atoms with Crippen molar-refractivity contribution in [2.24, 2.45) is 0 Å². The molecule has 2 N–H and O–H groups in total. The smallest absolute Gasteiger partial charge is 0.243 e. The second kappa shape index (κ2) is 7.99. The van der Waals surface area contributed by atoms with Gasteiger partial charge in [0.15, 0.2) is 0 Å². The van der Waals surface area contributed by atoms with E-state index in [1.807, 2.05) is 18.2 Å². The van der Waals surface area contributed by atoms with E-state index in [2.05, 4.69) is 39.6 Å². The highest BCUT2D eigenvalue weighted by atomic mass is 16.1. The van der Waals surface area contributed by atoms with Gasteiger partial charge in [-0.3, -0.25) is 9.89 Å². The van der Waals surface area contributed by atoms with Crippen LogP contribution in [0.2, 0.25) is 0 Å². The number of aryl methyl sites for hydroxylation is 2. The summed E-state index contributed by atoms with van der Waals surface area (Å²) in [6, 6.07) is 8.20. The Balaban J connectivity index is 1.69. The lowest BCUT2D eigenvalue weighted by molar-refractivity contribution is -0.116. The van der Waals surface area contributed by atoms with E-state index in [4.69, 9.17) is 0 Å². The first-order valence-corrected chi connectivity index (χ1v) is 7.17. The summed E-state index contributed by atoms with van der Waals surface area (Å²) in [6.45, 7) is 2.75. The highest BCUT2D eigenvalue weighted by molar-refractivity contribution is 5.91. The van der Waals surface area contributed by atoms with Gasteiger partial charge in [-0.15, -0.1) is 0 Å². The van der Waals surface area contributed by atoms with Crippen LogP contribution in [-0.2, 0) is 17.6 Å². The lowest BCUT2D eigenvalue weighted by Crippen LogP contribution is -2.22. The summed E-state index contributed by atoms with van der Waals surface area (Å²) in [5.74, 6) is 0.767. The van der Waals surface area contributed by atoms with Crippen LogP contribution in [0, 0.1) is 0 Å². The van der Waals surface area contributed by atoms with Crippen molar-refractivity contribution >= 4 is 12.0 Å². The van der Waals surface area contributed by atoms with Crippen LogP contribution in [0.15, 0.2) is 36.7 Å². The van der Waals surface area contributed by atoms with Gasteiger partial charge in [0, 0.05) is 19.0 Å². The van der Waals surface area contributed by atoms with Crippen LogP contribution in [0.5, 0.6) is 0 Å². The maximum Gasteiger partial charge on any atom is 0.243 e. The summed E-state index contributed by atoms with van der Waals surface area (Å²) in [5, 5.41) is 9.42. The van der Waals surface area contributed by atoms with Crippen LogP contribution in [0.1, 0.15) is 30.3 Å². The molecule has 0 aliphatic heterocycles. The molecule has 1 amide bonds. The number of carbonyl (C=O) groups is 1. The van der Waals surface area contributed by atoms with Gasteiger partial charge in [0.2, 0.25) is 5.91 Å². The second-order valence-electron chi connectivity index (χ2n) is 4.76. The molecule has 0 unspecified atom stereocenters. The summed E-state index contributed by atoms with van der Waals surface area (Å²) in [6.07, 6.45) is 7.51. The number of carbonyl (C=O) groups excluding carboxylic acids is 1. The molecular formula is C16H20N4O. The summed E-state index contributed by atoms with van der Waals surface area (Å²) in [5.41, 5.74) is 2.33. The maximum absolute atomic E-state index is 11.7. The summed E-state index contributed by atoms with van der Waals surface area (Å²) >= 11 is 0. The third-order valence-corrected chi connectivity index (χ3v) is 3.17. The van der Waals surface area contributed by atoms with Gasteiger partial charge in [-0.25, -0.2) is 4.98 Å². The maximum atomic E-state index is 11.7. The van der Waals surface area contributed by atoms with Crippen molar-refractivity contribution in [1.29, 1.82) is 0 Å². The van der Waals surface area contributed by atoms with Crippen molar-refractivity contribution in [2.75, 3.05) is 6.54 Å². The van der Waals surface area contributed by atoms with E-state index in [0.717, 1.165) is 30.7 Å². The molecule has 0 atom stereocenters. The van der Waals surface area contributed by atoms with Gasteiger partial charge in [0.1, 0.15) is 12.2 Å². The molecule has 21 heavy (non-hydrogen) atoms. The largest absolute Gasteiger partial charge is 0.353 e. The molecule has 0 saturated heterocycles. The van der Waals surface area contributed by atoms with Crippen LogP contribution in [0.25, 0.3) is 6.08 Å². The molecule has 2 aromatic rings. The molecule has 5 nitrogen and oxygen atoms in total. The number of benzene rings is 1. The fraction of sp³-hybridized carbons (Fsp3) is 0.312. The molecule has 5 heteroatoms. The van der Waals surface area contributed by atoms with Crippen LogP contribution in [0.4, 0.5) is 0 Å². The Kier molecular flexibility index (Phi) is 5.70. The molecule has 0 aliphatic carbocycles. The molecule has 0 fully saturated rings. The summed E-state index contributed by atoms with van der Waals surface area (Å²) < 4.78 is 0. The predicted molar refractivity (Wildman–Crippen MR) is 82.6 cm³/mol. The van der Waals surface area contributed by atoms with Crippen molar-refractivity contribution in [3.63, 3.8) is 0 Å². The zero-order valence-electron chi connectivity index (χ0n) is 12.2. The predicted octanol–water partition coefficient (Wildman–Crippen LogP) is 2.13. The Bertz CT molecular complexity index is 573. The molecule has 110 valence electrons. The number of nitrogens with one attached hydrogen (secondary N) is 2. The first kappa shape index (κ1) is 15.0. The Labute approximate surface area is 124 Å². The monoisotopic (exact) mass is 284 g/mol. The van der Waals surface area contributed by atoms with E-state index in [-0.39, 0.29) is 5.91 Å².